The zero-order chi connectivity index (χ0) is 21.4. The predicted molar refractivity (Wildman–Crippen MR) is 105 cm³/mol. The molecule has 1 amide bonds. The normalized spacial score (nSPS) is 25.1. The van der Waals surface area contributed by atoms with Gasteiger partial charge in [-0.15, -0.1) is 0 Å². The minimum Gasteiger partial charge on any atom is -0.450 e. The third-order valence-electron chi connectivity index (χ3n) is 5.37. The van der Waals surface area contributed by atoms with E-state index >= 15 is 0 Å². The number of benzene rings is 1. The lowest BCUT2D eigenvalue weighted by atomic mass is 10.2. The number of sulfone groups is 2. The van der Waals surface area contributed by atoms with E-state index in [9.17, 15) is 26.0 Å². The fourth-order valence-electron chi connectivity index (χ4n) is 3.88. The first kappa shape index (κ1) is 22.0. The molecule has 0 radical (unpaired) electrons. The van der Waals surface area contributed by atoms with Gasteiger partial charge in [0.15, 0.2) is 19.7 Å². The fourth-order valence-corrected chi connectivity index (χ4v) is 8.86. The van der Waals surface area contributed by atoms with Crippen molar-refractivity contribution in [2.45, 2.75) is 30.0 Å². The zero-order valence-electron chi connectivity index (χ0n) is 16.4. The molecule has 2 fully saturated rings. The van der Waals surface area contributed by atoms with Crippen LogP contribution in [-0.4, -0.2) is 88.3 Å². The molecule has 0 unspecified atom stereocenters. The Kier molecular flexibility index (Phi) is 6.21. The van der Waals surface area contributed by atoms with Crippen LogP contribution < -0.4 is 0 Å². The summed E-state index contributed by atoms with van der Waals surface area (Å²) in [5, 5.41) is -1.25. The summed E-state index contributed by atoms with van der Waals surface area (Å²) < 4.78 is 70.3. The van der Waals surface area contributed by atoms with Crippen molar-refractivity contribution in [1.82, 2.24) is 9.80 Å². The van der Waals surface area contributed by atoms with Crippen LogP contribution in [0.4, 0.5) is 9.18 Å². The highest BCUT2D eigenvalue weighted by Crippen LogP contribution is 2.31. The van der Waals surface area contributed by atoms with Gasteiger partial charge in [-0.25, -0.2) is 26.0 Å². The van der Waals surface area contributed by atoms with Gasteiger partial charge in [0.1, 0.15) is 10.7 Å². The van der Waals surface area contributed by atoms with E-state index in [1.165, 1.54) is 17.0 Å². The number of carbonyl (C=O) groups is 1. The van der Waals surface area contributed by atoms with E-state index < -0.39 is 53.5 Å². The Hall–Kier alpha value is -1.72. The van der Waals surface area contributed by atoms with Gasteiger partial charge in [-0.3, -0.25) is 4.90 Å². The number of rotatable bonds is 4. The number of ether oxygens (including phenoxy) is 1. The Labute approximate surface area is 170 Å². The smallest absolute Gasteiger partial charge is 0.409 e. The Morgan fingerprint density at radius 2 is 1.86 bits per heavy atom. The molecule has 29 heavy (non-hydrogen) atoms. The molecular formula is C18H25FN2O6S2. The molecule has 1 aromatic carbocycles. The van der Waals surface area contributed by atoms with Crippen LogP contribution in [0.3, 0.4) is 0 Å². The van der Waals surface area contributed by atoms with Crippen LogP contribution in [0.15, 0.2) is 23.1 Å². The highest BCUT2D eigenvalue weighted by molar-refractivity contribution is 7.96. The highest BCUT2D eigenvalue weighted by Gasteiger charge is 2.49. The third-order valence-corrected chi connectivity index (χ3v) is 9.50. The van der Waals surface area contributed by atoms with Crippen LogP contribution in [0.2, 0.25) is 0 Å². The summed E-state index contributed by atoms with van der Waals surface area (Å²) in [5.41, 5.74) is 0.574. The maximum Gasteiger partial charge on any atom is 0.409 e. The second kappa shape index (κ2) is 8.19. The van der Waals surface area contributed by atoms with E-state index in [1.807, 2.05) is 0 Å². The van der Waals surface area contributed by atoms with Gasteiger partial charge in [-0.1, -0.05) is 6.07 Å². The number of carbonyl (C=O) groups excluding carboxylic acids is 1. The van der Waals surface area contributed by atoms with Gasteiger partial charge in [-0.05, 0) is 31.5 Å². The largest absolute Gasteiger partial charge is 0.450 e. The molecule has 0 aromatic heterocycles. The van der Waals surface area contributed by atoms with E-state index in [0.29, 0.717) is 31.7 Å². The summed E-state index contributed by atoms with van der Waals surface area (Å²) in [6, 6.07) is 3.00. The summed E-state index contributed by atoms with van der Waals surface area (Å²) in [7, 11) is -7.80. The van der Waals surface area contributed by atoms with Crippen molar-refractivity contribution in [3.63, 3.8) is 0 Å². The molecule has 2 heterocycles. The lowest BCUT2D eigenvalue weighted by Gasteiger charge is -2.38. The topological polar surface area (TPSA) is 101 Å². The lowest BCUT2D eigenvalue weighted by molar-refractivity contribution is 0.0700. The standard InChI is InChI=1S/C18H25FN2O6S2/c1-3-27-18(22)21-8-6-20(7-9-21)15-11-28(23,24)12-17(15)29(25,26)16-10-13(2)4-5-14(16)19/h4-5,10,15,17H,3,6-9,11-12H2,1-2H3/t15-,17-/m0/s1. The van der Waals surface area contributed by atoms with Crippen molar-refractivity contribution in [3.8, 4) is 0 Å². The summed E-state index contributed by atoms with van der Waals surface area (Å²) >= 11 is 0. The monoisotopic (exact) mass is 448 g/mol. The Bertz CT molecular complexity index is 988. The average Bonchev–Trinajstić information content (AvgIpc) is 3.00. The van der Waals surface area contributed by atoms with E-state index in [1.54, 1.807) is 18.7 Å². The van der Waals surface area contributed by atoms with Crippen molar-refractivity contribution in [2.75, 3.05) is 44.3 Å². The quantitative estimate of drug-likeness (QED) is 0.673. The number of nitrogens with zero attached hydrogens (tertiary/aromatic N) is 2. The van der Waals surface area contributed by atoms with Crippen LogP contribution >= 0.6 is 0 Å². The highest BCUT2D eigenvalue weighted by atomic mass is 32.2. The van der Waals surface area contributed by atoms with Gasteiger partial charge >= 0.3 is 6.09 Å². The predicted octanol–water partition coefficient (Wildman–Crippen LogP) is 0.848. The van der Waals surface area contributed by atoms with Gasteiger partial charge in [0.2, 0.25) is 0 Å². The molecule has 2 aliphatic rings. The molecule has 0 saturated carbocycles. The summed E-state index contributed by atoms with van der Waals surface area (Å²) in [4.78, 5) is 14.7. The molecule has 0 N–H and O–H groups in total. The van der Waals surface area contributed by atoms with Gasteiger partial charge in [0.25, 0.3) is 0 Å². The van der Waals surface area contributed by atoms with Crippen molar-refractivity contribution in [2.24, 2.45) is 0 Å². The van der Waals surface area contributed by atoms with E-state index in [0.717, 1.165) is 6.07 Å². The zero-order valence-corrected chi connectivity index (χ0v) is 18.0. The van der Waals surface area contributed by atoms with Crippen LogP contribution in [-0.2, 0) is 24.4 Å². The first-order chi connectivity index (χ1) is 13.5. The number of piperazine rings is 1. The number of amides is 1. The number of hydrogen-bond donors (Lipinski definition) is 0. The summed E-state index contributed by atoms with van der Waals surface area (Å²) in [6.45, 7) is 4.86. The Morgan fingerprint density at radius 1 is 1.21 bits per heavy atom. The van der Waals surface area contributed by atoms with E-state index in [2.05, 4.69) is 0 Å². The van der Waals surface area contributed by atoms with Gasteiger partial charge in [0, 0.05) is 32.2 Å². The molecule has 0 bridgehead atoms. The molecular weight excluding hydrogens is 423 g/mol. The molecule has 2 saturated heterocycles. The first-order valence-corrected chi connectivity index (χ1v) is 12.8. The SMILES string of the molecule is CCOC(=O)N1CCN([C@H]2CS(=O)(=O)C[C@@H]2S(=O)(=O)c2cc(C)ccc2F)CC1. The molecule has 0 aliphatic carbocycles. The number of aryl methyl sites for hydroxylation is 1. The average molecular weight is 449 g/mol. The minimum absolute atomic E-state index is 0.252. The van der Waals surface area contributed by atoms with Crippen LogP contribution in [0, 0.1) is 12.7 Å². The molecule has 11 heteroatoms. The van der Waals surface area contributed by atoms with Crippen molar-refractivity contribution >= 4 is 25.8 Å². The van der Waals surface area contributed by atoms with Crippen molar-refractivity contribution < 1.29 is 30.8 Å². The summed E-state index contributed by atoms with van der Waals surface area (Å²) in [6.07, 6.45) is -0.447. The molecule has 3 rings (SSSR count). The molecule has 2 aliphatic heterocycles. The lowest BCUT2D eigenvalue weighted by Crippen LogP contribution is -2.56. The van der Waals surface area contributed by atoms with Crippen LogP contribution in [0.1, 0.15) is 12.5 Å². The van der Waals surface area contributed by atoms with E-state index in [4.69, 9.17) is 4.74 Å². The van der Waals surface area contributed by atoms with E-state index in [-0.39, 0.29) is 12.4 Å². The molecule has 1 aromatic rings. The second-order valence-electron chi connectivity index (χ2n) is 7.38. The number of hydrogen-bond acceptors (Lipinski definition) is 7. The Morgan fingerprint density at radius 3 is 2.48 bits per heavy atom. The van der Waals surface area contributed by atoms with Gasteiger partial charge < -0.3 is 9.64 Å². The maximum absolute atomic E-state index is 14.3. The van der Waals surface area contributed by atoms with Crippen LogP contribution in [0.25, 0.3) is 0 Å². The molecule has 162 valence electrons. The maximum atomic E-state index is 14.3. The molecule has 8 nitrogen and oxygen atoms in total. The van der Waals surface area contributed by atoms with Crippen molar-refractivity contribution in [3.05, 3.63) is 29.6 Å². The summed E-state index contributed by atoms with van der Waals surface area (Å²) in [5.74, 6) is -1.72. The first-order valence-electron chi connectivity index (χ1n) is 9.41. The van der Waals surface area contributed by atoms with Crippen molar-refractivity contribution in [1.29, 1.82) is 0 Å². The minimum atomic E-state index is -4.20. The third kappa shape index (κ3) is 4.56. The van der Waals surface area contributed by atoms with Crippen LogP contribution in [0.5, 0.6) is 0 Å². The second-order valence-corrected chi connectivity index (χ2v) is 11.7. The number of halogens is 1. The van der Waals surface area contributed by atoms with Gasteiger partial charge in [-0.2, -0.15) is 0 Å². The Balaban J connectivity index is 1.85. The molecule has 0 spiro atoms. The van der Waals surface area contributed by atoms with Gasteiger partial charge in [0.05, 0.1) is 23.4 Å². The fraction of sp³-hybridized carbons (Fsp3) is 0.611. The molecule has 2 atom stereocenters.